The minimum absolute atomic E-state index is 0.0648. The average molecular weight is 313 g/mol. The van der Waals surface area contributed by atoms with Gasteiger partial charge in [-0.2, -0.15) is 0 Å². The van der Waals surface area contributed by atoms with Crippen LogP contribution >= 0.6 is 15.9 Å². The van der Waals surface area contributed by atoms with Crippen molar-refractivity contribution in [3.8, 4) is 5.75 Å². The Bertz CT molecular complexity index is 410. The maximum Gasteiger partial charge on any atom is 0.344 e. The van der Waals surface area contributed by atoms with Gasteiger partial charge < -0.3 is 9.47 Å². The summed E-state index contributed by atoms with van der Waals surface area (Å²) in [7, 11) is 0. The van der Waals surface area contributed by atoms with Crippen LogP contribution in [-0.2, 0) is 14.9 Å². The number of esters is 1. The molecule has 18 heavy (non-hydrogen) atoms. The van der Waals surface area contributed by atoms with Crippen LogP contribution in [-0.4, -0.2) is 19.2 Å². The Hall–Kier alpha value is -1.29. The minimum atomic E-state index is -0.360. The number of carbonyl (C=O) groups excluding carboxylic acids is 1. The second-order valence-corrected chi connectivity index (χ2v) is 4.42. The first-order valence-corrected chi connectivity index (χ1v) is 6.83. The summed E-state index contributed by atoms with van der Waals surface area (Å²) < 4.78 is 10.3. The fourth-order valence-corrected chi connectivity index (χ4v) is 1.51. The van der Waals surface area contributed by atoms with Crippen LogP contribution in [0.4, 0.5) is 0 Å². The molecule has 3 nitrogen and oxygen atoms in total. The molecule has 0 aliphatic rings. The van der Waals surface area contributed by atoms with Gasteiger partial charge in [-0.1, -0.05) is 34.1 Å². The molecule has 0 aliphatic carbocycles. The summed E-state index contributed by atoms with van der Waals surface area (Å²) in [5, 5.41) is 0.804. The molecule has 0 bridgehead atoms. The van der Waals surface area contributed by atoms with E-state index in [0.717, 1.165) is 16.5 Å². The molecular weight excluding hydrogens is 296 g/mol. The molecular formula is C14H17BrO3. The van der Waals surface area contributed by atoms with E-state index >= 15 is 0 Å². The van der Waals surface area contributed by atoms with E-state index in [0.29, 0.717) is 12.4 Å². The van der Waals surface area contributed by atoms with Crippen molar-refractivity contribution < 1.29 is 14.3 Å². The number of benzene rings is 1. The summed E-state index contributed by atoms with van der Waals surface area (Å²) in [6.45, 7) is 4.07. The standard InChI is InChI=1S/C14H17BrO3/c1-3-11(2)9-18-14(16)10-17-13-6-4-12(8-15)5-7-13/h3-7H,8-10H2,1-2H3/b11-3+. The molecule has 1 aromatic rings. The summed E-state index contributed by atoms with van der Waals surface area (Å²) >= 11 is 3.36. The Morgan fingerprint density at radius 2 is 1.94 bits per heavy atom. The molecule has 0 saturated heterocycles. The van der Waals surface area contributed by atoms with Crippen molar-refractivity contribution in [2.45, 2.75) is 19.2 Å². The van der Waals surface area contributed by atoms with Crippen LogP contribution in [0.3, 0.4) is 0 Å². The molecule has 0 heterocycles. The molecule has 0 spiro atoms. The fraction of sp³-hybridized carbons (Fsp3) is 0.357. The molecule has 1 aromatic carbocycles. The third-order valence-corrected chi connectivity index (χ3v) is 3.04. The van der Waals surface area contributed by atoms with Gasteiger partial charge in [0.15, 0.2) is 6.61 Å². The smallest absolute Gasteiger partial charge is 0.344 e. The molecule has 4 heteroatoms. The molecule has 0 radical (unpaired) electrons. The zero-order valence-electron chi connectivity index (χ0n) is 10.6. The minimum Gasteiger partial charge on any atom is -0.482 e. The van der Waals surface area contributed by atoms with Crippen molar-refractivity contribution in [2.24, 2.45) is 0 Å². The second-order valence-electron chi connectivity index (χ2n) is 3.86. The highest BCUT2D eigenvalue weighted by molar-refractivity contribution is 9.08. The number of hydrogen-bond acceptors (Lipinski definition) is 3. The van der Waals surface area contributed by atoms with Crippen molar-refractivity contribution in [1.82, 2.24) is 0 Å². The van der Waals surface area contributed by atoms with E-state index in [1.54, 1.807) is 0 Å². The van der Waals surface area contributed by atoms with Gasteiger partial charge in [-0.05, 0) is 37.1 Å². The molecule has 1 rings (SSSR count). The first-order valence-electron chi connectivity index (χ1n) is 5.71. The molecule has 0 saturated carbocycles. The van der Waals surface area contributed by atoms with E-state index in [4.69, 9.17) is 9.47 Å². The summed E-state index contributed by atoms with van der Waals surface area (Å²) in [5.41, 5.74) is 2.18. The number of rotatable bonds is 6. The molecule has 0 fully saturated rings. The first kappa shape index (κ1) is 14.8. The van der Waals surface area contributed by atoms with Crippen LogP contribution in [0.25, 0.3) is 0 Å². The van der Waals surface area contributed by atoms with Crippen LogP contribution in [0.15, 0.2) is 35.9 Å². The molecule has 0 N–H and O–H groups in total. The van der Waals surface area contributed by atoms with Gasteiger partial charge in [0.1, 0.15) is 12.4 Å². The van der Waals surface area contributed by atoms with Gasteiger partial charge in [-0.15, -0.1) is 0 Å². The molecule has 0 unspecified atom stereocenters. The van der Waals surface area contributed by atoms with Gasteiger partial charge in [0.25, 0.3) is 0 Å². The van der Waals surface area contributed by atoms with Crippen LogP contribution in [0.5, 0.6) is 5.75 Å². The molecule has 0 amide bonds. The Morgan fingerprint density at radius 3 is 2.50 bits per heavy atom. The zero-order valence-corrected chi connectivity index (χ0v) is 12.2. The summed E-state index contributed by atoms with van der Waals surface area (Å²) in [4.78, 5) is 11.4. The Morgan fingerprint density at radius 1 is 1.28 bits per heavy atom. The summed E-state index contributed by atoms with van der Waals surface area (Å²) in [6.07, 6.45) is 1.91. The Labute approximate surface area is 116 Å². The van der Waals surface area contributed by atoms with Gasteiger partial charge in [-0.25, -0.2) is 4.79 Å². The van der Waals surface area contributed by atoms with E-state index in [1.807, 2.05) is 44.2 Å². The van der Waals surface area contributed by atoms with Gasteiger partial charge >= 0.3 is 5.97 Å². The predicted octanol–water partition coefficient (Wildman–Crippen LogP) is 3.47. The number of alkyl halides is 1. The monoisotopic (exact) mass is 312 g/mol. The molecule has 0 atom stereocenters. The van der Waals surface area contributed by atoms with E-state index in [1.165, 1.54) is 0 Å². The molecule has 98 valence electrons. The quantitative estimate of drug-likeness (QED) is 0.458. The number of hydrogen-bond donors (Lipinski definition) is 0. The normalized spacial score (nSPS) is 11.2. The third-order valence-electron chi connectivity index (χ3n) is 2.39. The second kappa shape index (κ2) is 7.93. The molecule has 0 aromatic heterocycles. The highest BCUT2D eigenvalue weighted by Crippen LogP contribution is 2.13. The van der Waals surface area contributed by atoms with Crippen molar-refractivity contribution in [1.29, 1.82) is 0 Å². The number of halogens is 1. The Kier molecular flexibility index (Phi) is 6.50. The van der Waals surface area contributed by atoms with Crippen LogP contribution < -0.4 is 4.74 Å². The van der Waals surface area contributed by atoms with Gasteiger partial charge in [0.05, 0.1) is 0 Å². The van der Waals surface area contributed by atoms with Crippen LogP contribution in [0.1, 0.15) is 19.4 Å². The van der Waals surface area contributed by atoms with E-state index in [2.05, 4.69) is 15.9 Å². The average Bonchev–Trinajstić information content (AvgIpc) is 2.42. The number of ether oxygens (including phenoxy) is 2. The lowest BCUT2D eigenvalue weighted by atomic mass is 10.2. The zero-order chi connectivity index (χ0) is 13.4. The fourth-order valence-electron chi connectivity index (χ4n) is 1.14. The topological polar surface area (TPSA) is 35.5 Å². The highest BCUT2D eigenvalue weighted by Gasteiger charge is 2.04. The van der Waals surface area contributed by atoms with Crippen molar-refractivity contribution in [2.75, 3.05) is 13.2 Å². The van der Waals surface area contributed by atoms with E-state index in [9.17, 15) is 4.79 Å². The largest absolute Gasteiger partial charge is 0.482 e. The third kappa shape index (κ3) is 5.36. The van der Waals surface area contributed by atoms with Crippen molar-refractivity contribution in [3.63, 3.8) is 0 Å². The molecule has 0 aliphatic heterocycles. The van der Waals surface area contributed by atoms with E-state index < -0.39 is 0 Å². The lowest BCUT2D eigenvalue weighted by Gasteiger charge is -2.07. The summed E-state index contributed by atoms with van der Waals surface area (Å²) in [5.74, 6) is 0.306. The predicted molar refractivity (Wildman–Crippen MR) is 75.0 cm³/mol. The maximum atomic E-state index is 11.4. The van der Waals surface area contributed by atoms with Crippen LogP contribution in [0.2, 0.25) is 0 Å². The van der Waals surface area contributed by atoms with Gasteiger partial charge in [0.2, 0.25) is 0 Å². The van der Waals surface area contributed by atoms with Gasteiger partial charge in [-0.3, -0.25) is 0 Å². The number of carbonyl (C=O) groups is 1. The Balaban J connectivity index is 2.33. The van der Waals surface area contributed by atoms with Crippen molar-refractivity contribution >= 4 is 21.9 Å². The summed E-state index contributed by atoms with van der Waals surface area (Å²) in [6, 6.07) is 7.56. The van der Waals surface area contributed by atoms with Crippen LogP contribution in [0, 0.1) is 0 Å². The number of allylic oxidation sites excluding steroid dienone is 1. The lowest BCUT2D eigenvalue weighted by Crippen LogP contribution is -2.15. The maximum absolute atomic E-state index is 11.4. The van der Waals surface area contributed by atoms with Gasteiger partial charge in [0, 0.05) is 5.33 Å². The SMILES string of the molecule is C/C=C(\C)COC(=O)COc1ccc(CBr)cc1. The lowest BCUT2D eigenvalue weighted by molar-refractivity contribution is -0.145. The van der Waals surface area contributed by atoms with E-state index in [-0.39, 0.29) is 12.6 Å². The first-order chi connectivity index (χ1) is 8.65. The highest BCUT2D eigenvalue weighted by atomic mass is 79.9. The van der Waals surface area contributed by atoms with Crippen molar-refractivity contribution in [3.05, 3.63) is 41.5 Å².